The molecule has 20 heavy (non-hydrogen) atoms. The van der Waals surface area contributed by atoms with E-state index < -0.39 is 0 Å². The minimum Gasteiger partial charge on any atom is -0.490 e. The highest BCUT2D eigenvalue weighted by atomic mass is 16.5. The molecule has 0 spiro atoms. The Kier molecular flexibility index (Phi) is 6.86. The molecule has 3 heteroatoms. The van der Waals surface area contributed by atoms with Gasteiger partial charge in [0.1, 0.15) is 0 Å². The van der Waals surface area contributed by atoms with Crippen LogP contribution in [0.4, 0.5) is 0 Å². The first-order chi connectivity index (χ1) is 9.55. The molecule has 0 fully saturated rings. The lowest BCUT2D eigenvalue weighted by Gasteiger charge is -2.26. The molecule has 3 nitrogen and oxygen atoms in total. The van der Waals surface area contributed by atoms with Crippen molar-refractivity contribution in [2.45, 2.75) is 46.5 Å². The molecule has 1 aromatic carbocycles. The second-order valence-corrected chi connectivity index (χ2v) is 5.51. The third kappa shape index (κ3) is 4.71. The Morgan fingerprint density at radius 2 is 1.65 bits per heavy atom. The molecule has 0 unspecified atom stereocenters. The topological polar surface area (TPSA) is 30.5 Å². The lowest BCUT2D eigenvalue weighted by Crippen LogP contribution is -2.25. The molecule has 1 rings (SSSR count). The van der Waals surface area contributed by atoms with Crippen LogP contribution in [0.2, 0.25) is 0 Å². The van der Waals surface area contributed by atoms with E-state index in [0.717, 1.165) is 31.0 Å². The van der Waals surface area contributed by atoms with E-state index in [2.05, 4.69) is 38.2 Å². The minimum atomic E-state index is 0.124. The van der Waals surface area contributed by atoms with Crippen molar-refractivity contribution in [2.75, 3.05) is 26.3 Å². The molecule has 0 radical (unpaired) electrons. The number of ether oxygens (including phenoxy) is 2. The molecule has 0 aliphatic heterocycles. The van der Waals surface area contributed by atoms with E-state index in [1.54, 1.807) is 0 Å². The van der Waals surface area contributed by atoms with Gasteiger partial charge in [-0.3, -0.25) is 0 Å². The fourth-order valence-electron chi connectivity index (χ4n) is 2.19. The molecular formula is C17H29NO2. The monoisotopic (exact) mass is 279 g/mol. The van der Waals surface area contributed by atoms with Gasteiger partial charge in [-0.2, -0.15) is 0 Å². The Labute approximate surface area is 123 Å². The van der Waals surface area contributed by atoms with Crippen LogP contribution in [0, 0.1) is 0 Å². The molecule has 0 aliphatic rings. The van der Waals surface area contributed by atoms with Gasteiger partial charge in [-0.05, 0) is 56.5 Å². The van der Waals surface area contributed by atoms with Crippen molar-refractivity contribution in [1.82, 2.24) is 5.32 Å². The molecule has 0 bridgehead atoms. The van der Waals surface area contributed by atoms with E-state index in [-0.39, 0.29) is 5.41 Å². The predicted octanol–water partition coefficient (Wildman–Crippen LogP) is 3.76. The normalized spacial score (nSPS) is 11.4. The maximum Gasteiger partial charge on any atom is 0.161 e. The molecule has 0 aromatic heterocycles. The second-order valence-electron chi connectivity index (χ2n) is 5.51. The van der Waals surface area contributed by atoms with Crippen LogP contribution in [-0.2, 0) is 5.41 Å². The highest BCUT2D eigenvalue weighted by molar-refractivity contribution is 5.45. The Morgan fingerprint density at radius 3 is 2.25 bits per heavy atom. The van der Waals surface area contributed by atoms with E-state index in [0.29, 0.717) is 13.2 Å². The summed E-state index contributed by atoms with van der Waals surface area (Å²) < 4.78 is 11.3. The molecule has 1 N–H and O–H groups in total. The van der Waals surface area contributed by atoms with Gasteiger partial charge in [0.25, 0.3) is 0 Å². The van der Waals surface area contributed by atoms with Crippen LogP contribution in [0.3, 0.4) is 0 Å². The molecule has 0 atom stereocenters. The maximum absolute atomic E-state index is 5.71. The third-order valence-electron chi connectivity index (χ3n) is 3.50. The SMILES string of the molecule is CCNCCC(C)(C)c1ccc(OCC)c(OCC)c1. The lowest BCUT2D eigenvalue weighted by atomic mass is 9.81. The van der Waals surface area contributed by atoms with Gasteiger partial charge in [-0.15, -0.1) is 0 Å². The average Bonchev–Trinajstić information content (AvgIpc) is 2.41. The summed E-state index contributed by atoms with van der Waals surface area (Å²) in [6, 6.07) is 6.30. The van der Waals surface area contributed by atoms with Gasteiger partial charge in [0.2, 0.25) is 0 Å². The fraction of sp³-hybridized carbons (Fsp3) is 0.647. The zero-order valence-electron chi connectivity index (χ0n) is 13.6. The molecule has 1 aromatic rings. The van der Waals surface area contributed by atoms with Crippen LogP contribution < -0.4 is 14.8 Å². The average molecular weight is 279 g/mol. The smallest absolute Gasteiger partial charge is 0.161 e. The standard InChI is InChI=1S/C17H29NO2/c1-6-18-12-11-17(4,5)14-9-10-15(19-7-2)16(13-14)20-8-3/h9-10,13,18H,6-8,11-12H2,1-5H3. The second kappa shape index (κ2) is 8.15. The van der Waals surface area contributed by atoms with E-state index in [1.807, 2.05) is 19.9 Å². The first-order valence-corrected chi connectivity index (χ1v) is 7.66. The summed E-state index contributed by atoms with van der Waals surface area (Å²) in [5.41, 5.74) is 1.42. The molecule has 0 heterocycles. The van der Waals surface area contributed by atoms with Gasteiger partial charge in [0, 0.05) is 0 Å². The van der Waals surface area contributed by atoms with Crippen molar-refractivity contribution < 1.29 is 9.47 Å². The maximum atomic E-state index is 5.71. The Balaban J connectivity index is 2.91. The van der Waals surface area contributed by atoms with Crippen LogP contribution in [0.5, 0.6) is 11.5 Å². The van der Waals surface area contributed by atoms with E-state index in [1.165, 1.54) is 5.56 Å². The van der Waals surface area contributed by atoms with E-state index in [9.17, 15) is 0 Å². The van der Waals surface area contributed by atoms with Crippen molar-refractivity contribution in [3.63, 3.8) is 0 Å². The van der Waals surface area contributed by atoms with Crippen LogP contribution >= 0.6 is 0 Å². The highest BCUT2D eigenvalue weighted by Gasteiger charge is 2.21. The summed E-state index contributed by atoms with van der Waals surface area (Å²) in [6.07, 6.45) is 1.10. The first kappa shape index (κ1) is 16.8. The van der Waals surface area contributed by atoms with Crippen molar-refractivity contribution >= 4 is 0 Å². The quantitative estimate of drug-likeness (QED) is 0.698. The predicted molar refractivity (Wildman–Crippen MR) is 85.0 cm³/mol. The summed E-state index contributed by atoms with van der Waals surface area (Å²) in [5.74, 6) is 1.68. The van der Waals surface area contributed by atoms with Crippen molar-refractivity contribution in [3.8, 4) is 11.5 Å². The van der Waals surface area contributed by atoms with Crippen LogP contribution in [0.25, 0.3) is 0 Å². The summed E-state index contributed by atoms with van der Waals surface area (Å²) in [5, 5.41) is 3.39. The van der Waals surface area contributed by atoms with Gasteiger partial charge in [0.15, 0.2) is 11.5 Å². The molecular weight excluding hydrogens is 250 g/mol. The Hall–Kier alpha value is -1.22. The van der Waals surface area contributed by atoms with Crippen LogP contribution in [0.1, 0.15) is 46.6 Å². The summed E-state index contributed by atoms with van der Waals surface area (Å²) in [6.45, 7) is 14.0. The first-order valence-electron chi connectivity index (χ1n) is 7.66. The van der Waals surface area contributed by atoms with Gasteiger partial charge >= 0.3 is 0 Å². The summed E-state index contributed by atoms with van der Waals surface area (Å²) in [7, 11) is 0. The number of hydrogen-bond acceptors (Lipinski definition) is 3. The van der Waals surface area contributed by atoms with Crippen molar-refractivity contribution in [3.05, 3.63) is 23.8 Å². The molecule has 0 saturated heterocycles. The van der Waals surface area contributed by atoms with Gasteiger partial charge < -0.3 is 14.8 Å². The van der Waals surface area contributed by atoms with Crippen LogP contribution in [0.15, 0.2) is 18.2 Å². The largest absolute Gasteiger partial charge is 0.490 e. The lowest BCUT2D eigenvalue weighted by molar-refractivity contribution is 0.286. The van der Waals surface area contributed by atoms with E-state index in [4.69, 9.17) is 9.47 Å². The number of nitrogens with one attached hydrogen (secondary N) is 1. The summed E-state index contributed by atoms with van der Waals surface area (Å²) >= 11 is 0. The Morgan fingerprint density at radius 1 is 1.00 bits per heavy atom. The third-order valence-corrected chi connectivity index (χ3v) is 3.50. The van der Waals surface area contributed by atoms with Crippen molar-refractivity contribution in [1.29, 1.82) is 0 Å². The molecule has 0 aliphatic carbocycles. The highest BCUT2D eigenvalue weighted by Crippen LogP contribution is 2.35. The van der Waals surface area contributed by atoms with Crippen LogP contribution in [-0.4, -0.2) is 26.3 Å². The molecule has 0 amide bonds. The van der Waals surface area contributed by atoms with E-state index >= 15 is 0 Å². The zero-order valence-corrected chi connectivity index (χ0v) is 13.6. The number of hydrogen-bond donors (Lipinski definition) is 1. The molecule has 0 saturated carbocycles. The summed E-state index contributed by atoms with van der Waals surface area (Å²) in [4.78, 5) is 0. The zero-order chi connectivity index (χ0) is 15.0. The van der Waals surface area contributed by atoms with Gasteiger partial charge in [-0.1, -0.05) is 26.8 Å². The Bertz CT molecular complexity index is 402. The number of rotatable bonds is 9. The van der Waals surface area contributed by atoms with Crippen molar-refractivity contribution in [2.24, 2.45) is 0 Å². The van der Waals surface area contributed by atoms with Gasteiger partial charge in [0.05, 0.1) is 13.2 Å². The van der Waals surface area contributed by atoms with Gasteiger partial charge in [-0.25, -0.2) is 0 Å². The fourth-order valence-corrected chi connectivity index (χ4v) is 2.19. The minimum absolute atomic E-state index is 0.124. The molecule has 114 valence electrons. The number of benzene rings is 1.